The lowest BCUT2D eigenvalue weighted by Gasteiger charge is -2.36. The smallest absolute Gasteiger partial charge is 0.120 e. The van der Waals surface area contributed by atoms with E-state index in [9.17, 15) is 0 Å². The van der Waals surface area contributed by atoms with Gasteiger partial charge in [-0.15, -0.1) is 0 Å². The molecule has 19 heavy (non-hydrogen) atoms. The third-order valence-corrected chi connectivity index (χ3v) is 4.12. The van der Waals surface area contributed by atoms with Crippen molar-refractivity contribution >= 4 is 0 Å². The van der Waals surface area contributed by atoms with E-state index in [1.165, 1.54) is 13.0 Å². The molecule has 4 heteroatoms. The van der Waals surface area contributed by atoms with E-state index in [0.717, 1.165) is 25.4 Å². The molecular weight excluding hydrogens is 240 g/mol. The summed E-state index contributed by atoms with van der Waals surface area (Å²) in [5.41, 5.74) is 0. The first-order valence-corrected chi connectivity index (χ1v) is 7.22. The van der Waals surface area contributed by atoms with Crippen LogP contribution in [-0.2, 0) is 4.74 Å². The van der Waals surface area contributed by atoms with E-state index < -0.39 is 0 Å². The Morgan fingerprint density at radius 3 is 3.11 bits per heavy atom. The molecule has 1 N–H and O–H groups in total. The van der Waals surface area contributed by atoms with Gasteiger partial charge in [0.25, 0.3) is 0 Å². The molecule has 1 aliphatic heterocycles. The minimum Gasteiger partial charge on any atom is -0.468 e. The van der Waals surface area contributed by atoms with Gasteiger partial charge >= 0.3 is 0 Å². The van der Waals surface area contributed by atoms with Crippen LogP contribution in [0.2, 0.25) is 0 Å². The van der Waals surface area contributed by atoms with Crippen LogP contribution in [0.5, 0.6) is 0 Å². The molecule has 0 amide bonds. The van der Waals surface area contributed by atoms with Gasteiger partial charge in [0, 0.05) is 26.7 Å². The van der Waals surface area contributed by atoms with Crippen LogP contribution in [0, 0.1) is 5.92 Å². The maximum Gasteiger partial charge on any atom is 0.120 e. The van der Waals surface area contributed by atoms with Crippen LogP contribution in [0.3, 0.4) is 0 Å². The lowest BCUT2D eigenvalue weighted by atomic mass is 9.96. The van der Waals surface area contributed by atoms with Crippen molar-refractivity contribution in [3.8, 4) is 0 Å². The van der Waals surface area contributed by atoms with Crippen LogP contribution in [0.25, 0.3) is 0 Å². The predicted octanol–water partition coefficient (Wildman–Crippen LogP) is 2.29. The van der Waals surface area contributed by atoms with Crippen molar-refractivity contribution in [2.24, 2.45) is 5.92 Å². The van der Waals surface area contributed by atoms with Crippen molar-refractivity contribution in [3.63, 3.8) is 0 Å². The highest BCUT2D eigenvalue weighted by molar-refractivity contribution is 5.02. The Labute approximate surface area is 116 Å². The van der Waals surface area contributed by atoms with Crippen molar-refractivity contribution in [2.75, 3.05) is 33.3 Å². The largest absolute Gasteiger partial charge is 0.468 e. The summed E-state index contributed by atoms with van der Waals surface area (Å²) >= 11 is 0. The molecule has 1 fully saturated rings. The lowest BCUT2D eigenvalue weighted by Crippen LogP contribution is -2.46. The van der Waals surface area contributed by atoms with Gasteiger partial charge in [0.1, 0.15) is 5.76 Å². The van der Waals surface area contributed by atoms with Gasteiger partial charge in [-0.25, -0.2) is 0 Å². The van der Waals surface area contributed by atoms with Crippen LogP contribution in [0.1, 0.15) is 32.1 Å². The number of furan rings is 1. The van der Waals surface area contributed by atoms with Crippen LogP contribution in [0.4, 0.5) is 0 Å². The molecule has 1 aromatic rings. The topological polar surface area (TPSA) is 37.6 Å². The molecule has 0 saturated carbocycles. The fourth-order valence-corrected chi connectivity index (χ4v) is 2.69. The van der Waals surface area contributed by atoms with E-state index in [4.69, 9.17) is 9.15 Å². The van der Waals surface area contributed by atoms with E-state index in [0.29, 0.717) is 12.0 Å². The zero-order valence-electron chi connectivity index (χ0n) is 12.3. The summed E-state index contributed by atoms with van der Waals surface area (Å²) < 4.78 is 10.9. The molecule has 2 heterocycles. The SMILES string of the molecule is COC1CN(CCNC(C)c2ccco2)CCC1C. The summed E-state index contributed by atoms with van der Waals surface area (Å²) in [6.07, 6.45) is 3.34. The van der Waals surface area contributed by atoms with Crippen molar-refractivity contribution < 1.29 is 9.15 Å². The fraction of sp³-hybridized carbons (Fsp3) is 0.733. The van der Waals surface area contributed by atoms with Crippen LogP contribution in [-0.4, -0.2) is 44.3 Å². The highest BCUT2D eigenvalue weighted by atomic mass is 16.5. The molecule has 1 aliphatic rings. The summed E-state index contributed by atoms with van der Waals surface area (Å²) in [7, 11) is 1.82. The highest BCUT2D eigenvalue weighted by Gasteiger charge is 2.25. The summed E-state index contributed by atoms with van der Waals surface area (Å²) in [4.78, 5) is 2.48. The third kappa shape index (κ3) is 4.06. The first kappa shape index (κ1) is 14.6. The Kier molecular flexibility index (Phi) is 5.43. The first-order valence-electron chi connectivity index (χ1n) is 7.22. The molecule has 3 atom stereocenters. The van der Waals surface area contributed by atoms with Crippen LogP contribution < -0.4 is 5.32 Å². The second kappa shape index (κ2) is 7.08. The number of methoxy groups -OCH3 is 1. The standard InChI is InChI=1S/C15H26N2O2/c1-12-6-8-17(11-15(12)18-3)9-7-16-13(2)14-5-4-10-19-14/h4-5,10,12-13,15-16H,6-9,11H2,1-3H3. The molecule has 4 nitrogen and oxygen atoms in total. The quantitative estimate of drug-likeness (QED) is 0.857. The van der Waals surface area contributed by atoms with E-state index >= 15 is 0 Å². The molecule has 108 valence electrons. The molecule has 3 unspecified atom stereocenters. The fourth-order valence-electron chi connectivity index (χ4n) is 2.69. The van der Waals surface area contributed by atoms with Gasteiger partial charge in [-0.05, 0) is 37.9 Å². The molecule has 0 radical (unpaired) electrons. The maximum absolute atomic E-state index is 5.54. The number of ether oxygens (including phenoxy) is 1. The Hall–Kier alpha value is -0.840. The molecule has 2 rings (SSSR count). The Bertz CT molecular complexity index is 353. The van der Waals surface area contributed by atoms with Crippen LogP contribution in [0.15, 0.2) is 22.8 Å². The van der Waals surface area contributed by atoms with Gasteiger partial charge in [-0.3, -0.25) is 4.90 Å². The maximum atomic E-state index is 5.54. The van der Waals surface area contributed by atoms with Gasteiger partial charge < -0.3 is 14.5 Å². The molecular formula is C15H26N2O2. The van der Waals surface area contributed by atoms with Gasteiger partial charge in [-0.2, -0.15) is 0 Å². The molecule has 0 spiro atoms. The molecule has 1 aromatic heterocycles. The summed E-state index contributed by atoms with van der Waals surface area (Å²) in [6, 6.07) is 4.22. The second-order valence-electron chi connectivity index (χ2n) is 5.53. The monoisotopic (exact) mass is 266 g/mol. The normalized spacial score (nSPS) is 26.5. The number of hydrogen-bond donors (Lipinski definition) is 1. The molecule has 0 bridgehead atoms. The lowest BCUT2D eigenvalue weighted by molar-refractivity contribution is -0.00459. The summed E-state index contributed by atoms with van der Waals surface area (Å²) in [5, 5.41) is 3.50. The van der Waals surface area contributed by atoms with Gasteiger partial charge in [-0.1, -0.05) is 6.92 Å². The number of piperidine rings is 1. The Morgan fingerprint density at radius 2 is 2.42 bits per heavy atom. The third-order valence-electron chi connectivity index (χ3n) is 4.12. The van der Waals surface area contributed by atoms with Crippen molar-refractivity contribution in [1.82, 2.24) is 10.2 Å². The molecule has 1 saturated heterocycles. The number of rotatable bonds is 6. The number of likely N-dealkylation sites (tertiary alicyclic amines) is 1. The molecule has 0 aliphatic carbocycles. The first-order chi connectivity index (χ1) is 9.20. The van der Waals surface area contributed by atoms with E-state index in [1.54, 1.807) is 6.26 Å². The molecule has 0 aromatic carbocycles. The van der Waals surface area contributed by atoms with Gasteiger partial charge in [0.05, 0.1) is 18.4 Å². The highest BCUT2D eigenvalue weighted by Crippen LogP contribution is 2.19. The Balaban J connectivity index is 1.68. The number of nitrogens with one attached hydrogen (secondary N) is 1. The van der Waals surface area contributed by atoms with Gasteiger partial charge in [0.2, 0.25) is 0 Å². The zero-order valence-corrected chi connectivity index (χ0v) is 12.3. The predicted molar refractivity (Wildman–Crippen MR) is 76.1 cm³/mol. The van der Waals surface area contributed by atoms with E-state index in [2.05, 4.69) is 24.1 Å². The Morgan fingerprint density at radius 1 is 1.58 bits per heavy atom. The van der Waals surface area contributed by atoms with Crippen molar-refractivity contribution in [1.29, 1.82) is 0 Å². The van der Waals surface area contributed by atoms with Crippen molar-refractivity contribution in [2.45, 2.75) is 32.4 Å². The van der Waals surface area contributed by atoms with E-state index in [-0.39, 0.29) is 6.04 Å². The minimum absolute atomic E-state index is 0.275. The van der Waals surface area contributed by atoms with Gasteiger partial charge in [0.15, 0.2) is 0 Å². The second-order valence-corrected chi connectivity index (χ2v) is 5.53. The number of hydrogen-bond acceptors (Lipinski definition) is 4. The zero-order chi connectivity index (χ0) is 13.7. The van der Waals surface area contributed by atoms with Crippen molar-refractivity contribution in [3.05, 3.63) is 24.2 Å². The minimum atomic E-state index is 0.275. The summed E-state index contributed by atoms with van der Waals surface area (Å²) in [6.45, 7) is 8.69. The average molecular weight is 266 g/mol. The summed E-state index contributed by atoms with van der Waals surface area (Å²) in [5.74, 6) is 1.68. The van der Waals surface area contributed by atoms with E-state index in [1.807, 2.05) is 19.2 Å². The number of nitrogens with zero attached hydrogens (tertiary/aromatic N) is 1. The average Bonchev–Trinajstić information content (AvgIpc) is 2.94. The van der Waals surface area contributed by atoms with Crippen LogP contribution >= 0.6 is 0 Å².